The Morgan fingerprint density at radius 2 is 1.86 bits per heavy atom. The molecule has 0 saturated carbocycles. The van der Waals surface area contributed by atoms with Crippen LogP contribution in [0.25, 0.3) is 11.4 Å². The Bertz CT molecular complexity index is 1800. The summed E-state index contributed by atoms with van der Waals surface area (Å²) in [4.78, 5) is 50.4. The maximum absolute atomic E-state index is 13.7. The van der Waals surface area contributed by atoms with Crippen LogP contribution in [0.2, 0.25) is 0 Å². The molecule has 1 atom stereocenters. The van der Waals surface area contributed by atoms with Crippen molar-refractivity contribution in [3.8, 4) is 11.5 Å². The number of amides is 1. The maximum Gasteiger partial charge on any atom is 0.350 e. The highest BCUT2D eigenvalue weighted by atomic mass is 32.1. The van der Waals surface area contributed by atoms with E-state index < -0.39 is 29.5 Å². The summed E-state index contributed by atoms with van der Waals surface area (Å²) in [5.41, 5.74) is 2.80. The summed E-state index contributed by atoms with van der Waals surface area (Å²) in [6.45, 7) is 8.80. The lowest BCUT2D eigenvalue weighted by Gasteiger charge is -2.23. The summed E-state index contributed by atoms with van der Waals surface area (Å²) >= 11 is 0.909. The fourth-order valence-corrected chi connectivity index (χ4v) is 5.90. The summed E-state index contributed by atoms with van der Waals surface area (Å²) in [6, 6.07) is 7.54. The van der Waals surface area contributed by atoms with E-state index in [-0.39, 0.29) is 27.9 Å². The molecule has 0 spiro atoms. The average molecular weight is 589 g/mol. The number of aliphatic hydroxyl groups is 1. The molecule has 1 fully saturated rings. The number of imidazole rings is 1. The number of aryl methyl sites for hydroxylation is 3. The number of aliphatic hydroxyl groups excluding tert-OH is 1. The number of ketones is 1. The number of methoxy groups -OCH3 is 2. The normalized spacial score (nSPS) is 16.2. The zero-order chi connectivity index (χ0) is 30.3. The Morgan fingerprint density at radius 1 is 1.12 bits per heavy atom. The molecular formula is C30H28N4O7S. The summed E-state index contributed by atoms with van der Waals surface area (Å²) in [5, 5.41) is 11.8. The monoisotopic (exact) mass is 588 g/mol. The molecule has 1 N–H and O–H groups in total. The zero-order valence-corrected chi connectivity index (χ0v) is 24.4. The lowest BCUT2D eigenvalue weighted by atomic mass is 9.96. The molecule has 1 aliphatic heterocycles. The Kier molecular flexibility index (Phi) is 7.57. The number of benzene rings is 1. The first-order valence-electron chi connectivity index (χ1n) is 12.9. The number of carbonyl (C=O) groups excluding carboxylic acids is 3. The second-order valence-corrected chi connectivity index (χ2v) is 10.5. The van der Waals surface area contributed by atoms with E-state index in [4.69, 9.17) is 14.2 Å². The van der Waals surface area contributed by atoms with E-state index in [1.54, 1.807) is 42.6 Å². The first-order chi connectivity index (χ1) is 20.1. The molecule has 0 radical (unpaired) electrons. The van der Waals surface area contributed by atoms with Crippen molar-refractivity contribution in [1.82, 2.24) is 14.4 Å². The van der Waals surface area contributed by atoms with Crippen LogP contribution in [0.15, 0.2) is 54.8 Å². The van der Waals surface area contributed by atoms with Crippen molar-refractivity contribution in [2.24, 2.45) is 0 Å². The van der Waals surface area contributed by atoms with Gasteiger partial charge < -0.3 is 23.7 Å². The third-order valence-corrected chi connectivity index (χ3v) is 8.12. The number of aromatic nitrogens is 3. The number of rotatable bonds is 8. The van der Waals surface area contributed by atoms with Gasteiger partial charge >= 0.3 is 11.9 Å². The van der Waals surface area contributed by atoms with Crippen molar-refractivity contribution in [3.05, 3.63) is 87.8 Å². The maximum atomic E-state index is 13.7. The first-order valence-corrected chi connectivity index (χ1v) is 13.7. The molecule has 216 valence electrons. The van der Waals surface area contributed by atoms with Crippen molar-refractivity contribution in [2.75, 3.05) is 25.7 Å². The SMILES string of the molecule is C=CCOC(=O)c1sc(N2C(=O)C(=O)/C(=C(/O)c3nc4c(C)cccn4c3C)C2c2ccc(OC)c(OC)c2)nc1C. The molecule has 1 amide bonds. The molecule has 1 aliphatic rings. The first kappa shape index (κ1) is 28.6. The number of thiazole rings is 1. The molecule has 1 saturated heterocycles. The topological polar surface area (TPSA) is 133 Å². The third kappa shape index (κ3) is 4.59. The van der Waals surface area contributed by atoms with Crippen molar-refractivity contribution < 1.29 is 33.7 Å². The molecule has 11 nitrogen and oxygen atoms in total. The predicted molar refractivity (Wildman–Crippen MR) is 156 cm³/mol. The van der Waals surface area contributed by atoms with Crippen LogP contribution in [-0.2, 0) is 14.3 Å². The highest BCUT2D eigenvalue weighted by molar-refractivity contribution is 7.17. The van der Waals surface area contributed by atoms with Gasteiger partial charge in [-0.15, -0.1) is 0 Å². The van der Waals surface area contributed by atoms with Crippen LogP contribution in [0.3, 0.4) is 0 Å². The van der Waals surface area contributed by atoms with Crippen LogP contribution < -0.4 is 14.4 Å². The van der Waals surface area contributed by atoms with Crippen LogP contribution in [-0.4, -0.2) is 58.0 Å². The van der Waals surface area contributed by atoms with Gasteiger partial charge in [0.2, 0.25) is 0 Å². The molecule has 4 aromatic rings. The van der Waals surface area contributed by atoms with Crippen molar-refractivity contribution >= 4 is 45.5 Å². The fourth-order valence-electron chi connectivity index (χ4n) is 4.92. The second kappa shape index (κ2) is 11.1. The number of hydrogen-bond donors (Lipinski definition) is 1. The van der Waals surface area contributed by atoms with E-state index in [9.17, 15) is 19.5 Å². The number of pyridine rings is 1. The highest BCUT2D eigenvalue weighted by Crippen LogP contribution is 2.45. The minimum Gasteiger partial charge on any atom is -0.505 e. The van der Waals surface area contributed by atoms with E-state index >= 15 is 0 Å². The van der Waals surface area contributed by atoms with Gasteiger partial charge in [-0.3, -0.25) is 14.5 Å². The van der Waals surface area contributed by atoms with E-state index in [1.165, 1.54) is 25.2 Å². The number of hydrogen-bond acceptors (Lipinski definition) is 10. The smallest absolute Gasteiger partial charge is 0.350 e. The number of Topliss-reactive ketones (excluding diaryl/α,β-unsaturated/α-hetero) is 1. The van der Waals surface area contributed by atoms with Crippen LogP contribution in [0, 0.1) is 20.8 Å². The molecule has 1 unspecified atom stereocenters. The van der Waals surface area contributed by atoms with Gasteiger partial charge in [0.25, 0.3) is 5.78 Å². The Morgan fingerprint density at radius 3 is 2.52 bits per heavy atom. The molecule has 0 bridgehead atoms. The summed E-state index contributed by atoms with van der Waals surface area (Å²) < 4.78 is 17.8. The molecule has 42 heavy (non-hydrogen) atoms. The van der Waals surface area contributed by atoms with E-state index in [1.807, 2.05) is 19.1 Å². The van der Waals surface area contributed by atoms with Gasteiger partial charge in [0.15, 0.2) is 22.4 Å². The van der Waals surface area contributed by atoms with E-state index in [0.29, 0.717) is 34.1 Å². The van der Waals surface area contributed by atoms with E-state index in [2.05, 4.69) is 16.5 Å². The molecule has 5 rings (SSSR count). The highest BCUT2D eigenvalue weighted by Gasteiger charge is 2.49. The van der Waals surface area contributed by atoms with Gasteiger partial charge in [0.05, 0.1) is 37.2 Å². The minimum atomic E-state index is -1.13. The number of nitrogens with zero attached hydrogens (tertiary/aromatic N) is 4. The number of carbonyl (C=O) groups is 3. The number of esters is 1. The molecular weight excluding hydrogens is 560 g/mol. The number of ether oxygens (including phenoxy) is 3. The number of anilines is 1. The summed E-state index contributed by atoms with van der Waals surface area (Å²) in [6.07, 6.45) is 3.24. The predicted octanol–water partition coefficient (Wildman–Crippen LogP) is 4.70. The van der Waals surface area contributed by atoms with Crippen LogP contribution in [0.5, 0.6) is 11.5 Å². The largest absolute Gasteiger partial charge is 0.505 e. The Hall–Kier alpha value is -4.97. The molecule has 4 heterocycles. The fraction of sp³-hybridized carbons (Fsp3) is 0.233. The second-order valence-electron chi connectivity index (χ2n) is 9.51. The molecule has 3 aromatic heterocycles. The van der Waals surface area contributed by atoms with Gasteiger partial charge in [-0.2, -0.15) is 0 Å². The number of fused-ring (bicyclic) bond motifs is 1. The third-order valence-electron chi connectivity index (χ3n) is 6.99. The molecule has 1 aromatic carbocycles. The van der Waals surface area contributed by atoms with Crippen LogP contribution in [0.4, 0.5) is 5.13 Å². The standard InChI is InChI=1S/C30H28N4O7S/c1-7-13-41-29(38)26-16(3)31-30(42-26)34-23(18-10-11-19(39-5)20(14-18)40-6)21(25(36)28(34)37)24(35)22-17(4)33-12-8-9-15(2)27(33)32-22/h7-12,14,23,35H,1,13H2,2-6H3/b24-21+. The summed E-state index contributed by atoms with van der Waals surface area (Å²) in [5.74, 6) is -2.13. The lowest BCUT2D eigenvalue weighted by molar-refractivity contribution is -0.132. The Balaban J connectivity index is 1.74. The molecule has 12 heteroatoms. The van der Waals surface area contributed by atoms with Crippen LogP contribution >= 0.6 is 11.3 Å². The van der Waals surface area contributed by atoms with Crippen molar-refractivity contribution in [1.29, 1.82) is 0 Å². The Labute approximate surface area is 245 Å². The average Bonchev–Trinajstić information content (AvgIpc) is 3.62. The molecule has 0 aliphatic carbocycles. The van der Waals surface area contributed by atoms with Gasteiger partial charge in [-0.05, 0) is 50.1 Å². The van der Waals surface area contributed by atoms with Gasteiger partial charge in [-0.1, -0.05) is 36.1 Å². The zero-order valence-electron chi connectivity index (χ0n) is 23.6. The van der Waals surface area contributed by atoms with Crippen LogP contribution in [0.1, 0.15) is 43.9 Å². The van der Waals surface area contributed by atoms with Gasteiger partial charge in [0, 0.05) is 6.20 Å². The van der Waals surface area contributed by atoms with Crippen molar-refractivity contribution in [3.63, 3.8) is 0 Å². The van der Waals surface area contributed by atoms with E-state index in [0.717, 1.165) is 16.9 Å². The summed E-state index contributed by atoms with van der Waals surface area (Å²) in [7, 11) is 2.95. The van der Waals surface area contributed by atoms with Crippen molar-refractivity contribution in [2.45, 2.75) is 26.8 Å². The van der Waals surface area contributed by atoms with Gasteiger partial charge in [0.1, 0.15) is 22.8 Å². The lowest BCUT2D eigenvalue weighted by Crippen LogP contribution is -2.29. The quantitative estimate of drug-likeness (QED) is 0.102. The van der Waals surface area contributed by atoms with Gasteiger partial charge in [-0.25, -0.2) is 14.8 Å². The minimum absolute atomic E-state index is 0.000495.